The highest BCUT2D eigenvalue weighted by Gasteiger charge is 2.25. The van der Waals surface area contributed by atoms with Crippen LogP contribution < -0.4 is 10.2 Å². The van der Waals surface area contributed by atoms with Gasteiger partial charge in [-0.1, -0.05) is 18.2 Å². The maximum absolute atomic E-state index is 5.73. The van der Waals surface area contributed by atoms with Crippen molar-refractivity contribution >= 4 is 5.69 Å². The van der Waals surface area contributed by atoms with Gasteiger partial charge in [0.1, 0.15) is 5.76 Å². The van der Waals surface area contributed by atoms with Crippen molar-refractivity contribution in [2.75, 3.05) is 50.8 Å². The van der Waals surface area contributed by atoms with E-state index < -0.39 is 0 Å². The minimum absolute atomic E-state index is 0.322. The molecule has 1 unspecified atom stereocenters. The Labute approximate surface area is 155 Å². The highest BCUT2D eigenvalue weighted by atomic mass is 16.5. The molecule has 1 aromatic heterocycles. The zero-order valence-corrected chi connectivity index (χ0v) is 15.4. The molecule has 5 nitrogen and oxygen atoms in total. The Bertz CT molecular complexity index is 662. The molecule has 2 fully saturated rings. The molecule has 3 heterocycles. The zero-order chi connectivity index (χ0) is 17.6. The zero-order valence-electron chi connectivity index (χ0n) is 15.4. The summed E-state index contributed by atoms with van der Waals surface area (Å²) in [6, 6.07) is 13.1. The molecule has 0 bridgehead atoms. The summed E-state index contributed by atoms with van der Waals surface area (Å²) in [5.41, 5.74) is 2.69. The largest absolute Gasteiger partial charge is 0.468 e. The third kappa shape index (κ3) is 4.11. The number of nitrogens with zero attached hydrogens (tertiary/aromatic N) is 2. The minimum Gasteiger partial charge on any atom is -0.468 e. The summed E-state index contributed by atoms with van der Waals surface area (Å²) >= 11 is 0. The number of hydrogen-bond donors (Lipinski definition) is 1. The van der Waals surface area contributed by atoms with Crippen LogP contribution in [-0.4, -0.2) is 50.8 Å². The Hall–Kier alpha value is -1.82. The summed E-state index contributed by atoms with van der Waals surface area (Å²) in [6.07, 6.45) is 4.36. The average Bonchev–Trinajstić information content (AvgIpc) is 3.41. The molecule has 0 saturated carbocycles. The molecule has 1 N–H and O–H groups in total. The van der Waals surface area contributed by atoms with Crippen LogP contribution in [0.1, 0.15) is 30.2 Å². The van der Waals surface area contributed by atoms with E-state index in [1.54, 1.807) is 6.26 Å². The van der Waals surface area contributed by atoms with E-state index in [4.69, 9.17) is 9.15 Å². The second kappa shape index (κ2) is 8.71. The number of ether oxygens (including phenoxy) is 1. The Kier molecular flexibility index (Phi) is 5.89. The van der Waals surface area contributed by atoms with Crippen molar-refractivity contribution in [3.63, 3.8) is 0 Å². The summed E-state index contributed by atoms with van der Waals surface area (Å²) in [5, 5.41) is 3.69. The van der Waals surface area contributed by atoms with E-state index in [1.807, 2.05) is 6.07 Å². The van der Waals surface area contributed by atoms with Crippen LogP contribution in [0.15, 0.2) is 47.1 Å². The number of morpholine rings is 1. The SMILES string of the molecule is c1coc(C(CNCc2ccccc2N2CCOCC2)N2CCCC2)c1. The van der Waals surface area contributed by atoms with Crippen LogP contribution in [0.5, 0.6) is 0 Å². The lowest BCUT2D eigenvalue weighted by Crippen LogP contribution is -2.37. The lowest BCUT2D eigenvalue weighted by atomic mass is 10.1. The quantitative estimate of drug-likeness (QED) is 0.827. The molecule has 0 radical (unpaired) electrons. The van der Waals surface area contributed by atoms with Gasteiger partial charge in [-0.2, -0.15) is 0 Å². The van der Waals surface area contributed by atoms with E-state index in [2.05, 4.69) is 45.4 Å². The van der Waals surface area contributed by atoms with Gasteiger partial charge in [-0.25, -0.2) is 0 Å². The monoisotopic (exact) mass is 355 g/mol. The summed E-state index contributed by atoms with van der Waals surface area (Å²) in [5.74, 6) is 1.07. The second-order valence-corrected chi connectivity index (χ2v) is 7.13. The smallest absolute Gasteiger partial charge is 0.122 e. The van der Waals surface area contributed by atoms with Crippen molar-refractivity contribution in [2.45, 2.75) is 25.4 Å². The van der Waals surface area contributed by atoms with Gasteiger partial charge in [0.05, 0.1) is 25.5 Å². The predicted octanol–water partition coefficient (Wildman–Crippen LogP) is 3.04. The number of likely N-dealkylation sites (tertiary alicyclic amines) is 1. The van der Waals surface area contributed by atoms with Crippen molar-refractivity contribution < 1.29 is 9.15 Å². The van der Waals surface area contributed by atoms with Crippen LogP contribution in [0.3, 0.4) is 0 Å². The number of rotatable bonds is 7. The number of furan rings is 1. The topological polar surface area (TPSA) is 40.9 Å². The number of para-hydroxylation sites is 1. The number of anilines is 1. The normalized spacial score (nSPS) is 19.8. The van der Waals surface area contributed by atoms with Crippen LogP contribution in [0.25, 0.3) is 0 Å². The molecule has 5 heteroatoms. The van der Waals surface area contributed by atoms with Crippen molar-refractivity contribution in [2.24, 2.45) is 0 Å². The van der Waals surface area contributed by atoms with Gasteiger partial charge in [0, 0.05) is 31.9 Å². The van der Waals surface area contributed by atoms with E-state index in [1.165, 1.54) is 24.1 Å². The number of hydrogen-bond acceptors (Lipinski definition) is 5. The minimum atomic E-state index is 0.322. The Balaban J connectivity index is 1.40. The summed E-state index contributed by atoms with van der Waals surface area (Å²) in [6.45, 7) is 7.69. The van der Waals surface area contributed by atoms with Crippen molar-refractivity contribution in [3.8, 4) is 0 Å². The van der Waals surface area contributed by atoms with Gasteiger partial charge < -0.3 is 19.4 Å². The van der Waals surface area contributed by atoms with Crippen LogP contribution in [0.2, 0.25) is 0 Å². The highest BCUT2D eigenvalue weighted by molar-refractivity contribution is 5.53. The van der Waals surface area contributed by atoms with Gasteiger partial charge in [-0.05, 0) is 49.7 Å². The molecule has 0 aliphatic carbocycles. The number of nitrogens with one attached hydrogen (secondary N) is 1. The molecule has 26 heavy (non-hydrogen) atoms. The van der Waals surface area contributed by atoms with Gasteiger partial charge >= 0.3 is 0 Å². The highest BCUT2D eigenvalue weighted by Crippen LogP contribution is 2.26. The van der Waals surface area contributed by atoms with Crippen molar-refractivity contribution in [1.29, 1.82) is 0 Å². The Morgan fingerprint density at radius 1 is 0.962 bits per heavy atom. The molecule has 1 aromatic carbocycles. The van der Waals surface area contributed by atoms with E-state index in [-0.39, 0.29) is 0 Å². The van der Waals surface area contributed by atoms with E-state index in [0.29, 0.717) is 6.04 Å². The fourth-order valence-corrected chi connectivity index (χ4v) is 4.06. The maximum Gasteiger partial charge on any atom is 0.122 e. The molecule has 0 amide bonds. The lowest BCUT2D eigenvalue weighted by Gasteiger charge is -2.31. The second-order valence-electron chi connectivity index (χ2n) is 7.13. The maximum atomic E-state index is 5.73. The summed E-state index contributed by atoms with van der Waals surface area (Å²) in [7, 11) is 0. The van der Waals surface area contributed by atoms with E-state index >= 15 is 0 Å². The van der Waals surface area contributed by atoms with Crippen LogP contribution in [0.4, 0.5) is 5.69 Å². The molecule has 2 aliphatic rings. The molecular weight excluding hydrogens is 326 g/mol. The van der Waals surface area contributed by atoms with Crippen LogP contribution in [-0.2, 0) is 11.3 Å². The van der Waals surface area contributed by atoms with Crippen molar-refractivity contribution in [3.05, 3.63) is 54.0 Å². The van der Waals surface area contributed by atoms with E-state index in [0.717, 1.165) is 58.2 Å². The standard InChI is InChI=1S/C21H29N3O2/c1-2-7-19(24-11-14-25-15-12-24)18(6-1)16-22-17-20(21-8-5-13-26-21)23-9-3-4-10-23/h1-2,5-8,13,20,22H,3-4,9-12,14-17H2. The first-order chi connectivity index (χ1) is 12.9. The van der Waals surface area contributed by atoms with Crippen LogP contribution >= 0.6 is 0 Å². The molecule has 0 spiro atoms. The number of benzene rings is 1. The van der Waals surface area contributed by atoms with E-state index in [9.17, 15) is 0 Å². The van der Waals surface area contributed by atoms with Gasteiger partial charge in [0.25, 0.3) is 0 Å². The summed E-state index contributed by atoms with van der Waals surface area (Å²) in [4.78, 5) is 4.98. The molecule has 4 rings (SSSR count). The van der Waals surface area contributed by atoms with Gasteiger partial charge in [0.15, 0.2) is 0 Å². The van der Waals surface area contributed by atoms with Gasteiger partial charge in [-0.3, -0.25) is 4.90 Å². The third-order valence-electron chi connectivity index (χ3n) is 5.45. The molecule has 140 valence electrons. The Morgan fingerprint density at radius 3 is 2.54 bits per heavy atom. The third-order valence-corrected chi connectivity index (χ3v) is 5.45. The van der Waals surface area contributed by atoms with Crippen LogP contribution in [0, 0.1) is 0 Å². The molecular formula is C21H29N3O2. The van der Waals surface area contributed by atoms with Crippen molar-refractivity contribution in [1.82, 2.24) is 10.2 Å². The first-order valence-corrected chi connectivity index (χ1v) is 9.80. The lowest BCUT2D eigenvalue weighted by molar-refractivity contribution is 0.122. The molecule has 2 saturated heterocycles. The first-order valence-electron chi connectivity index (χ1n) is 9.80. The fourth-order valence-electron chi connectivity index (χ4n) is 4.06. The fraction of sp³-hybridized carbons (Fsp3) is 0.524. The Morgan fingerprint density at radius 2 is 1.77 bits per heavy atom. The predicted molar refractivity (Wildman–Crippen MR) is 103 cm³/mol. The van der Waals surface area contributed by atoms with Gasteiger partial charge in [-0.15, -0.1) is 0 Å². The molecule has 2 aliphatic heterocycles. The first kappa shape index (κ1) is 17.6. The summed E-state index contributed by atoms with van der Waals surface area (Å²) < 4.78 is 11.2. The molecule has 2 aromatic rings. The average molecular weight is 355 g/mol. The molecule has 1 atom stereocenters. The van der Waals surface area contributed by atoms with Gasteiger partial charge in [0.2, 0.25) is 0 Å².